The first-order valence-electron chi connectivity index (χ1n) is 4.27. The molecule has 3 fully saturated rings. The van der Waals surface area contributed by atoms with Gasteiger partial charge in [-0.3, -0.25) is 0 Å². The van der Waals surface area contributed by atoms with E-state index in [1.54, 1.807) is 0 Å². The van der Waals surface area contributed by atoms with Crippen LogP contribution in [0.1, 0.15) is 6.92 Å². The molecular weight excluding hydrogens is 124 g/mol. The van der Waals surface area contributed by atoms with E-state index in [1.807, 2.05) is 0 Å². The quantitative estimate of drug-likeness (QED) is 0.374. The lowest BCUT2D eigenvalue weighted by molar-refractivity contribution is -0.911. The highest BCUT2D eigenvalue weighted by atomic mass is 15.4. The predicted molar refractivity (Wildman–Crippen MR) is 41.3 cm³/mol. The lowest BCUT2D eigenvalue weighted by atomic mass is 10.1. The summed E-state index contributed by atoms with van der Waals surface area (Å²) in [6, 6.07) is 0. The van der Waals surface area contributed by atoms with Gasteiger partial charge in [-0.1, -0.05) is 6.54 Å². The molecule has 3 aliphatic heterocycles. The highest BCUT2D eigenvalue weighted by Crippen LogP contribution is 2.21. The van der Waals surface area contributed by atoms with Crippen LogP contribution in [0.2, 0.25) is 0 Å². The number of hydrogen-bond donors (Lipinski definition) is 0. The fourth-order valence-corrected chi connectivity index (χ4v) is 2.00. The van der Waals surface area contributed by atoms with E-state index in [0.29, 0.717) is 0 Å². The maximum Gasteiger partial charge on any atom is 0.0676 e. The van der Waals surface area contributed by atoms with Gasteiger partial charge in [-0.05, 0) is 6.92 Å². The molecular formula is C8H16N2. The normalized spacial score (nSPS) is 45.9. The van der Waals surface area contributed by atoms with Gasteiger partial charge in [0, 0.05) is 13.1 Å². The van der Waals surface area contributed by atoms with Crippen molar-refractivity contribution in [3.05, 3.63) is 6.54 Å². The molecule has 3 rings (SSSR count). The predicted octanol–water partition coefficient (Wildman–Crippen LogP) is 0.314. The van der Waals surface area contributed by atoms with Crippen LogP contribution >= 0.6 is 0 Å². The second-order valence-corrected chi connectivity index (χ2v) is 3.47. The molecule has 0 aromatic rings. The maximum absolute atomic E-state index is 2.54. The molecule has 0 radical (unpaired) electrons. The second kappa shape index (κ2) is 2.21. The van der Waals surface area contributed by atoms with Gasteiger partial charge in [-0.2, -0.15) is 0 Å². The molecule has 58 valence electrons. The van der Waals surface area contributed by atoms with Crippen LogP contribution in [0.5, 0.6) is 0 Å². The monoisotopic (exact) mass is 140 g/mol. The molecule has 2 bridgehead atoms. The first kappa shape index (κ1) is 6.62. The van der Waals surface area contributed by atoms with Gasteiger partial charge in [0.05, 0.1) is 19.6 Å². The molecule has 0 N–H and O–H groups in total. The molecule has 0 amide bonds. The molecule has 0 aromatic heterocycles. The number of quaternary nitrogens is 1. The smallest absolute Gasteiger partial charge is 0.0676 e. The molecule has 10 heavy (non-hydrogen) atoms. The Morgan fingerprint density at radius 3 is 2.40 bits per heavy atom. The summed E-state index contributed by atoms with van der Waals surface area (Å²) < 4.78 is 1.29. The van der Waals surface area contributed by atoms with Gasteiger partial charge >= 0.3 is 0 Å². The van der Waals surface area contributed by atoms with E-state index in [1.165, 1.54) is 43.8 Å². The van der Waals surface area contributed by atoms with Crippen LogP contribution in [-0.2, 0) is 0 Å². The lowest BCUT2D eigenvalue weighted by Gasteiger charge is -2.58. The SMILES string of the molecule is CC[N+]12[CH-]CN(CC1)CC2. The van der Waals surface area contributed by atoms with E-state index < -0.39 is 0 Å². The fourth-order valence-electron chi connectivity index (χ4n) is 2.00. The van der Waals surface area contributed by atoms with Crippen LogP contribution in [0.15, 0.2) is 0 Å². The van der Waals surface area contributed by atoms with Crippen LogP contribution in [0, 0.1) is 6.54 Å². The van der Waals surface area contributed by atoms with Crippen LogP contribution in [-0.4, -0.2) is 48.7 Å². The highest BCUT2D eigenvalue weighted by molar-refractivity contribution is 4.77. The maximum atomic E-state index is 2.54. The minimum Gasteiger partial charge on any atom is -0.452 e. The topological polar surface area (TPSA) is 3.24 Å². The number of likely N-dealkylation sites (N-methyl/N-ethyl adjacent to an activating group) is 1. The van der Waals surface area contributed by atoms with Crippen LogP contribution < -0.4 is 0 Å². The minimum absolute atomic E-state index is 1.23. The van der Waals surface area contributed by atoms with Crippen LogP contribution in [0.3, 0.4) is 0 Å². The summed E-state index contributed by atoms with van der Waals surface area (Å²) in [6.45, 7) is 12.7. The number of fused-ring (bicyclic) bond motifs is 3. The van der Waals surface area contributed by atoms with Gasteiger partial charge in [0.25, 0.3) is 0 Å². The van der Waals surface area contributed by atoms with Gasteiger partial charge in [-0.25, -0.2) is 0 Å². The first-order valence-corrected chi connectivity index (χ1v) is 4.27. The van der Waals surface area contributed by atoms with Crippen LogP contribution in [0.25, 0.3) is 0 Å². The van der Waals surface area contributed by atoms with Crippen molar-refractivity contribution in [2.75, 3.05) is 39.3 Å². The largest absolute Gasteiger partial charge is 0.452 e. The summed E-state index contributed by atoms with van der Waals surface area (Å²) in [5, 5.41) is 0. The molecule has 0 unspecified atom stereocenters. The number of rotatable bonds is 1. The van der Waals surface area contributed by atoms with E-state index in [2.05, 4.69) is 18.4 Å². The van der Waals surface area contributed by atoms with Crippen molar-refractivity contribution < 1.29 is 4.48 Å². The lowest BCUT2D eigenvalue weighted by Crippen LogP contribution is -2.64. The van der Waals surface area contributed by atoms with E-state index in [9.17, 15) is 0 Å². The van der Waals surface area contributed by atoms with Crippen LogP contribution in [0.4, 0.5) is 0 Å². The second-order valence-electron chi connectivity index (χ2n) is 3.47. The zero-order valence-corrected chi connectivity index (χ0v) is 6.71. The summed E-state index contributed by atoms with van der Waals surface area (Å²) in [5.41, 5.74) is 0. The van der Waals surface area contributed by atoms with Crippen molar-refractivity contribution >= 4 is 0 Å². The average molecular weight is 140 g/mol. The highest BCUT2D eigenvalue weighted by Gasteiger charge is 2.29. The molecule has 2 nitrogen and oxygen atoms in total. The Labute approximate surface area is 63.0 Å². The van der Waals surface area contributed by atoms with E-state index in [4.69, 9.17) is 0 Å². The van der Waals surface area contributed by atoms with E-state index in [0.717, 1.165) is 0 Å². The van der Waals surface area contributed by atoms with Gasteiger partial charge in [0.15, 0.2) is 0 Å². The summed E-state index contributed by atoms with van der Waals surface area (Å²) >= 11 is 0. The molecule has 3 saturated heterocycles. The third-order valence-corrected chi connectivity index (χ3v) is 3.08. The zero-order chi connectivity index (χ0) is 7.03. The number of piperazine rings is 3. The van der Waals surface area contributed by atoms with Gasteiger partial charge < -0.3 is 9.38 Å². The minimum atomic E-state index is 1.23. The summed E-state index contributed by atoms with van der Waals surface area (Å²) in [4.78, 5) is 2.54. The number of nitrogens with zero attached hydrogens (tertiary/aromatic N) is 2. The molecule has 0 atom stereocenters. The zero-order valence-electron chi connectivity index (χ0n) is 6.71. The Morgan fingerprint density at radius 1 is 1.40 bits per heavy atom. The molecule has 3 aliphatic rings. The van der Waals surface area contributed by atoms with Crippen molar-refractivity contribution in [1.29, 1.82) is 0 Å². The van der Waals surface area contributed by atoms with E-state index >= 15 is 0 Å². The fraction of sp³-hybridized carbons (Fsp3) is 0.875. The third kappa shape index (κ3) is 0.867. The Hall–Kier alpha value is -0.0800. The summed E-state index contributed by atoms with van der Waals surface area (Å²) in [6.07, 6.45) is 0. The molecule has 2 heteroatoms. The first-order chi connectivity index (χ1) is 4.85. The Kier molecular flexibility index (Phi) is 1.46. The van der Waals surface area contributed by atoms with Crippen molar-refractivity contribution in [3.8, 4) is 0 Å². The standard InChI is InChI=1S/C8H16N2/c1-2-10-6-3-9(4-7-10)5-8-10/h6H,2-5,7-8H2,1H3. The number of hydrogen-bond acceptors (Lipinski definition) is 1. The molecule has 0 saturated carbocycles. The van der Waals surface area contributed by atoms with Crippen molar-refractivity contribution in [2.45, 2.75) is 6.92 Å². The van der Waals surface area contributed by atoms with Gasteiger partial charge in [0.2, 0.25) is 0 Å². The Balaban J connectivity index is 2.08. The Bertz CT molecular complexity index is 111. The summed E-state index contributed by atoms with van der Waals surface area (Å²) in [7, 11) is 0. The molecule has 0 aromatic carbocycles. The average Bonchev–Trinajstić information content (AvgIpc) is 2.08. The van der Waals surface area contributed by atoms with Gasteiger partial charge in [0.1, 0.15) is 0 Å². The molecule has 3 heterocycles. The third-order valence-electron chi connectivity index (χ3n) is 3.08. The van der Waals surface area contributed by atoms with Crippen molar-refractivity contribution in [3.63, 3.8) is 0 Å². The molecule has 0 spiro atoms. The van der Waals surface area contributed by atoms with Crippen molar-refractivity contribution in [1.82, 2.24) is 4.90 Å². The Morgan fingerprint density at radius 2 is 2.10 bits per heavy atom. The van der Waals surface area contributed by atoms with Crippen molar-refractivity contribution in [2.24, 2.45) is 0 Å². The molecule has 0 aliphatic carbocycles. The van der Waals surface area contributed by atoms with Gasteiger partial charge in [-0.15, -0.1) is 6.54 Å². The summed E-state index contributed by atoms with van der Waals surface area (Å²) in [5.74, 6) is 0. The van der Waals surface area contributed by atoms with E-state index in [-0.39, 0.29) is 0 Å².